The Morgan fingerprint density at radius 1 is 1.18 bits per heavy atom. The van der Waals surface area contributed by atoms with Crippen LogP contribution in [0, 0.1) is 0 Å². The van der Waals surface area contributed by atoms with Crippen LogP contribution in [-0.4, -0.2) is 63.9 Å². The van der Waals surface area contributed by atoms with Gasteiger partial charge < -0.3 is 36.4 Å². The van der Waals surface area contributed by atoms with E-state index in [1.165, 1.54) is 0 Å². The summed E-state index contributed by atoms with van der Waals surface area (Å²) in [5.41, 5.74) is 9.67. The van der Waals surface area contributed by atoms with Crippen LogP contribution >= 0.6 is 12.6 Å². The Morgan fingerprint density at radius 3 is 1.65 bits per heavy atom. The largest absolute Gasteiger partial charge is 2.00 e. The summed E-state index contributed by atoms with van der Waals surface area (Å²) < 4.78 is 0. The summed E-state index contributed by atoms with van der Waals surface area (Å²) >= 11 is 3.65. The molecule has 0 bridgehead atoms. The van der Waals surface area contributed by atoms with E-state index in [-0.39, 0.29) is 28.8 Å². The SMILES string of the molecule is NC(CC(=O)[O-])C(=O)[O-].NC(CS)C(=O)O.[Mg+2]. The minimum atomic E-state index is -1.58. The summed E-state index contributed by atoms with van der Waals surface area (Å²) in [5.74, 6) is -3.89. The molecule has 2 unspecified atom stereocenters. The number of rotatable bonds is 5. The predicted octanol–water partition coefficient (Wildman–Crippen LogP) is -4.85. The monoisotopic (exact) mass is 276 g/mol. The van der Waals surface area contributed by atoms with Crippen LogP contribution in [0.1, 0.15) is 6.42 Å². The first kappa shape index (κ1) is 21.7. The summed E-state index contributed by atoms with van der Waals surface area (Å²) in [6.45, 7) is 0. The molecular weight excluding hydrogens is 264 g/mol. The molecule has 8 nitrogen and oxygen atoms in total. The van der Waals surface area contributed by atoms with Crippen LogP contribution in [0.5, 0.6) is 0 Å². The van der Waals surface area contributed by atoms with Gasteiger partial charge in [-0.3, -0.25) is 4.79 Å². The van der Waals surface area contributed by atoms with Crippen LogP contribution in [0.3, 0.4) is 0 Å². The molecule has 0 aliphatic carbocycles. The molecule has 0 aliphatic heterocycles. The number of aliphatic carboxylic acids is 3. The zero-order valence-corrected chi connectivity index (χ0v) is 11.2. The quantitative estimate of drug-likeness (QED) is 0.286. The van der Waals surface area contributed by atoms with Crippen molar-refractivity contribution in [2.75, 3.05) is 5.75 Å². The Bertz CT molecular complexity index is 265. The smallest absolute Gasteiger partial charge is 0.550 e. The van der Waals surface area contributed by atoms with Crippen molar-refractivity contribution in [1.29, 1.82) is 0 Å². The molecule has 2 atom stereocenters. The van der Waals surface area contributed by atoms with Crippen molar-refractivity contribution in [2.45, 2.75) is 18.5 Å². The molecule has 17 heavy (non-hydrogen) atoms. The Hall–Kier alpha value is -0.554. The van der Waals surface area contributed by atoms with E-state index in [9.17, 15) is 24.6 Å². The van der Waals surface area contributed by atoms with Crippen molar-refractivity contribution in [2.24, 2.45) is 11.5 Å². The second kappa shape index (κ2) is 11.9. The number of nitrogens with two attached hydrogens (primary N) is 2. The van der Waals surface area contributed by atoms with Crippen LogP contribution in [0.4, 0.5) is 0 Å². The maximum atomic E-state index is 9.76. The summed E-state index contributed by atoms with van der Waals surface area (Å²) in [6, 6.07) is -2.28. The zero-order chi connectivity index (χ0) is 13.3. The third kappa shape index (κ3) is 15.4. The van der Waals surface area contributed by atoms with E-state index in [1.54, 1.807) is 0 Å². The molecule has 0 spiro atoms. The van der Waals surface area contributed by atoms with Crippen molar-refractivity contribution >= 4 is 53.6 Å². The second-order valence-electron chi connectivity index (χ2n) is 2.63. The normalized spacial score (nSPS) is 12.2. The van der Waals surface area contributed by atoms with Gasteiger partial charge in [0.2, 0.25) is 0 Å². The first-order valence-corrected chi connectivity index (χ1v) is 4.61. The third-order valence-electron chi connectivity index (χ3n) is 1.20. The minimum absolute atomic E-state index is 0. The van der Waals surface area contributed by atoms with Gasteiger partial charge in [0.15, 0.2) is 0 Å². The van der Waals surface area contributed by atoms with Gasteiger partial charge in [-0.25, -0.2) is 0 Å². The molecule has 0 rings (SSSR count). The van der Waals surface area contributed by atoms with Crippen molar-refractivity contribution in [3.05, 3.63) is 0 Å². The molecule has 5 N–H and O–H groups in total. The Balaban J connectivity index is -0.000000224. The summed E-state index contributed by atoms with van der Waals surface area (Å²) in [7, 11) is 0. The number of carboxylic acid groups (broad SMARTS) is 3. The van der Waals surface area contributed by atoms with Crippen LogP contribution in [0.25, 0.3) is 0 Å². The molecule has 0 aliphatic rings. The molecule has 0 aromatic heterocycles. The number of carbonyl (C=O) groups is 3. The van der Waals surface area contributed by atoms with Gasteiger partial charge in [0.05, 0.1) is 5.97 Å². The maximum absolute atomic E-state index is 9.76. The van der Waals surface area contributed by atoms with E-state index in [1.807, 2.05) is 0 Å². The number of hydrogen-bond acceptors (Lipinski definition) is 8. The Kier molecular flexibility index (Phi) is 15.2. The minimum Gasteiger partial charge on any atom is -0.550 e. The number of carbonyl (C=O) groups excluding carboxylic acids is 2. The van der Waals surface area contributed by atoms with Crippen molar-refractivity contribution < 1.29 is 29.7 Å². The molecule has 0 aromatic carbocycles. The topological polar surface area (TPSA) is 170 Å². The van der Waals surface area contributed by atoms with E-state index in [0.29, 0.717) is 0 Å². The van der Waals surface area contributed by atoms with E-state index in [2.05, 4.69) is 12.6 Å². The molecule has 0 saturated carbocycles. The van der Waals surface area contributed by atoms with Crippen LogP contribution < -0.4 is 21.7 Å². The molecule has 0 fully saturated rings. The van der Waals surface area contributed by atoms with Crippen LogP contribution in [-0.2, 0) is 14.4 Å². The first-order chi connectivity index (χ1) is 7.22. The van der Waals surface area contributed by atoms with Gasteiger partial charge in [-0.15, -0.1) is 0 Å². The summed E-state index contributed by atoms with van der Waals surface area (Å²) in [6.07, 6.45) is -0.706. The standard InChI is InChI=1S/C4H7NO4.C3H7NO2S.Mg/c5-2(4(8)9)1-3(6)7;4-2(1-7)3(5)6;/h2H,1,5H2,(H,6,7)(H,8,9);2,7H,1,4H2,(H,5,6);/q;;+2/p-2. The maximum Gasteiger partial charge on any atom is 2.00 e. The predicted molar refractivity (Wildman–Crippen MR) is 57.8 cm³/mol. The molecule has 0 radical (unpaired) electrons. The zero-order valence-electron chi connectivity index (χ0n) is 8.87. The average Bonchev–Trinajstić information content (AvgIpc) is 2.16. The second-order valence-corrected chi connectivity index (χ2v) is 2.99. The number of thiol groups is 1. The van der Waals surface area contributed by atoms with Gasteiger partial charge in [0.25, 0.3) is 0 Å². The fourth-order valence-electron chi connectivity index (χ4n) is 0.341. The summed E-state index contributed by atoms with van der Waals surface area (Å²) in [5, 5.41) is 27.3. The van der Waals surface area contributed by atoms with Crippen molar-refractivity contribution in [1.82, 2.24) is 0 Å². The first-order valence-electron chi connectivity index (χ1n) is 3.97. The molecule has 10 heteroatoms. The fourth-order valence-corrected chi connectivity index (χ4v) is 0.497. The van der Waals surface area contributed by atoms with Gasteiger partial charge in [0.1, 0.15) is 6.04 Å². The van der Waals surface area contributed by atoms with Crippen molar-refractivity contribution in [3.8, 4) is 0 Å². The van der Waals surface area contributed by atoms with Gasteiger partial charge in [-0.05, 0) is 0 Å². The Labute approximate surface area is 119 Å². The van der Waals surface area contributed by atoms with Gasteiger partial charge in [-0.1, -0.05) is 0 Å². The van der Waals surface area contributed by atoms with E-state index < -0.39 is 36.4 Å². The third-order valence-corrected chi connectivity index (χ3v) is 1.60. The van der Waals surface area contributed by atoms with Crippen molar-refractivity contribution in [3.63, 3.8) is 0 Å². The number of carboxylic acids is 3. The van der Waals surface area contributed by atoms with E-state index in [0.717, 1.165) is 0 Å². The van der Waals surface area contributed by atoms with Gasteiger partial charge >= 0.3 is 29.0 Å². The molecule has 0 aromatic rings. The molecule has 94 valence electrons. The van der Waals surface area contributed by atoms with Crippen LogP contribution in [0.15, 0.2) is 0 Å². The van der Waals surface area contributed by atoms with E-state index >= 15 is 0 Å². The molecule has 0 heterocycles. The molecule has 0 saturated heterocycles. The Morgan fingerprint density at radius 2 is 1.59 bits per heavy atom. The van der Waals surface area contributed by atoms with Gasteiger partial charge in [-0.2, -0.15) is 12.6 Å². The molecular formula is C7H12MgN2O6S. The number of hydrogen-bond donors (Lipinski definition) is 4. The van der Waals surface area contributed by atoms with E-state index in [4.69, 9.17) is 16.6 Å². The average molecular weight is 277 g/mol. The fraction of sp³-hybridized carbons (Fsp3) is 0.571. The molecule has 0 amide bonds. The summed E-state index contributed by atoms with van der Waals surface area (Å²) in [4.78, 5) is 29.1. The van der Waals surface area contributed by atoms with Gasteiger partial charge in [0, 0.05) is 24.2 Å². The van der Waals surface area contributed by atoms with Crippen LogP contribution in [0.2, 0.25) is 0 Å².